The van der Waals surface area contributed by atoms with Crippen LogP contribution in [0.25, 0.3) is 0 Å². The van der Waals surface area contributed by atoms with Crippen LogP contribution in [0.15, 0.2) is 0 Å². The van der Waals surface area contributed by atoms with Crippen LogP contribution >= 0.6 is 0 Å². The van der Waals surface area contributed by atoms with Gasteiger partial charge in [-0.15, -0.1) is 0 Å². The summed E-state index contributed by atoms with van der Waals surface area (Å²) < 4.78 is 161. The Kier molecular flexibility index (Phi) is 7.64. The van der Waals surface area contributed by atoms with Gasteiger partial charge in [-0.05, 0) is 51.4 Å². The van der Waals surface area contributed by atoms with E-state index in [1.165, 1.54) is 0 Å². The van der Waals surface area contributed by atoms with Gasteiger partial charge >= 0.3 is 24.7 Å². The predicted octanol–water partition coefficient (Wildman–Crippen LogP) is 5.83. The van der Waals surface area contributed by atoms with Crippen molar-refractivity contribution in [2.24, 2.45) is 11.8 Å². The number of alkyl halides is 12. The number of halogens is 12. The number of hydrogen-bond acceptors (Lipinski definition) is 3. The zero-order valence-electron chi connectivity index (χ0n) is 16.8. The lowest BCUT2D eigenvalue weighted by Crippen LogP contribution is -2.62. The van der Waals surface area contributed by atoms with Crippen molar-refractivity contribution in [1.82, 2.24) is 0 Å². The van der Waals surface area contributed by atoms with Crippen LogP contribution in [0.4, 0.5) is 52.7 Å². The van der Waals surface area contributed by atoms with Crippen molar-refractivity contribution in [3.8, 4) is 0 Å². The number of hydrogen-bond donors (Lipinski definition) is 2. The second-order valence-corrected chi connectivity index (χ2v) is 8.61. The van der Waals surface area contributed by atoms with E-state index in [0.717, 1.165) is 0 Å². The Morgan fingerprint density at radius 2 is 0.636 bits per heavy atom. The van der Waals surface area contributed by atoms with Crippen molar-refractivity contribution in [3.05, 3.63) is 0 Å². The summed E-state index contributed by atoms with van der Waals surface area (Å²) in [5.74, 6) is -4.36. The third kappa shape index (κ3) is 5.19. The van der Waals surface area contributed by atoms with Gasteiger partial charge in [0.05, 0.1) is 12.2 Å². The van der Waals surface area contributed by atoms with Gasteiger partial charge in [0.25, 0.3) is 11.2 Å². The fraction of sp³-hybridized carbons (Fsp3) is 1.00. The molecule has 0 saturated heterocycles. The van der Waals surface area contributed by atoms with Crippen LogP contribution in [0.1, 0.15) is 51.4 Å². The maximum Gasteiger partial charge on any atom is 0.426 e. The minimum absolute atomic E-state index is 0.311. The van der Waals surface area contributed by atoms with Crippen molar-refractivity contribution in [3.63, 3.8) is 0 Å². The van der Waals surface area contributed by atoms with E-state index in [1.54, 1.807) is 0 Å². The van der Waals surface area contributed by atoms with Crippen molar-refractivity contribution >= 4 is 0 Å². The zero-order chi connectivity index (χ0) is 25.7. The van der Waals surface area contributed by atoms with Crippen LogP contribution in [-0.2, 0) is 4.74 Å². The van der Waals surface area contributed by atoms with Crippen LogP contribution in [0.2, 0.25) is 0 Å². The minimum Gasteiger partial charge on any atom is -0.375 e. The van der Waals surface area contributed by atoms with Crippen LogP contribution in [0.3, 0.4) is 0 Å². The Bertz CT molecular complexity index is 567. The van der Waals surface area contributed by atoms with Crippen LogP contribution in [-0.4, -0.2) is 58.3 Å². The molecule has 2 N–H and O–H groups in total. The maximum atomic E-state index is 13.0. The molecule has 0 heterocycles. The second-order valence-electron chi connectivity index (χ2n) is 8.61. The molecule has 0 aromatic heterocycles. The highest BCUT2D eigenvalue weighted by molar-refractivity contribution is 5.02. The lowest BCUT2D eigenvalue weighted by molar-refractivity contribution is -0.388. The van der Waals surface area contributed by atoms with E-state index in [1.807, 2.05) is 0 Å². The maximum absolute atomic E-state index is 13.0. The number of aliphatic hydroxyl groups is 2. The molecule has 0 aliphatic heterocycles. The molecule has 3 nitrogen and oxygen atoms in total. The average molecular weight is 514 g/mol. The van der Waals surface area contributed by atoms with E-state index >= 15 is 0 Å². The quantitative estimate of drug-likeness (QED) is 0.465. The summed E-state index contributed by atoms with van der Waals surface area (Å²) in [4.78, 5) is 0. The highest BCUT2D eigenvalue weighted by Crippen LogP contribution is 2.53. The lowest BCUT2D eigenvalue weighted by atomic mass is 9.74. The third-order valence-electron chi connectivity index (χ3n) is 6.64. The second kappa shape index (κ2) is 8.92. The molecule has 0 unspecified atom stereocenters. The fourth-order valence-electron chi connectivity index (χ4n) is 4.75. The first kappa shape index (κ1) is 28.3. The van der Waals surface area contributed by atoms with Crippen molar-refractivity contribution in [2.75, 3.05) is 0 Å². The highest BCUT2D eigenvalue weighted by atomic mass is 19.4. The smallest absolute Gasteiger partial charge is 0.375 e. The van der Waals surface area contributed by atoms with Crippen LogP contribution in [0.5, 0.6) is 0 Å². The third-order valence-corrected chi connectivity index (χ3v) is 6.64. The molecule has 15 heteroatoms. The average Bonchev–Trinajstić information content (AvgIpc) is 2.64. The van der Waals surface area contributed by atoms with Gasteiger partial charge in [0.2, 0.25) is 0 Å². The first-order valence-electron chi connectivity index (χ1n) is 10.0. The Morgan fingerprint density at radius 1 is 0.424 bits per heavy atom. The molecule has 0 spiro atoms. The summed E-state index contributed by atoms with van der Waals surface area (Å²) in [6, 6.07) is 0. The summed E-state index contributed by atoms with van der Waals surface area (Å²) in [6.07, 6.45) is -29.6. The molecular weight excluding hydrogens is 492 g/mol. The van der Waals surface area contributed by atoms with Crippen LogP contribution < -0.4 is 0 Å². The standard InChI is InChI=1S/C18H22F12O3/c19-15(20,21)13(31,16(22,23)24)9-1-5-11(6-2-9)33-12-7-3-10(4-8-12)14(32,17(25,26)27)18(28,29)30/h9-12,31-32H,1-8H2. The SMILES string of the molecule is OC(C1CCC(OC2CCC(C(O)(C(F)(F)F)C(F)(F)F)CC2)CC1)(C(F)(F)F)C(F)(F)F. The van der Waals surface area contributed by atoms with Gasteiger partial charge in [-0.25, -0.2) is 0 Å². The van der Waals surface area contributed by atoms with E-state index in [0.29, 0.717) is 0 Å². The molecule has 0 atom stereocenters. The first-order valence-corrected chi connectivity index (χ1v) is 10.0. The van der Waals surface area contributed by atoms with Gasteiger partial charge in [-0.1, -0.05) is 0 Å². The number of ether oxygens (including phenoxy) is 1. The van der Waals surface area contributed by atoms with Gasteiger partial charge in [-0.3, -0.25) is 0 Å². The van der Waals surface area contributed by atoms with Gasteiger partial charge in [-0.2, -0.15) is 52.7 Å². The monoisotopic (exact) mass is 514 g/mol. The van der Waals surface area contributed by atoms with Crippen molar-refractivity contribution in [2.45, 2.75) is 99.5 Å². The number of rotatable bonds is 4. The van der Waals surface area contributed by atoms with Gasteiger partial charge in [0.1, 0.15) is 0 Å². The first-order chi connectivity index (χ1) is 14.7. The van der Waals surface area contributed by atoms with Gasteiger partial charge in [0, 0.05) is 11.8 Å². The molecule has 0 bridgehead atoms. The molecule has 2 fully saturated rings. The summed E-state index contributed by atoms with van der Waals surface area (Å²) in [5, 5.41) is 18.9. The Hall–Kier alpha value is -0.960. The highest BCUT2D eigenvalue weighted by Gasteiger charge is 2.74. The molecule has 196 valence electrons. The molecule has 0 aromatic carbocycles. The van der Waals surface area contributed by atoms with Crippen molar-refractivity contribution in [1.29, 1.82) is 0 Å². The zero-order valence-corrected chi connectivity index (χ0v) is 16.8. The Balaban J connectivity index is 1.96. The van der Waals surface area contributed by atoms with E-state index in [4.69, 9.17) is 4.74 Å². The predicted molar refractivity (Wildman–Crippen MR) is 86.7 cm³/mol. The molecule has 2 aliphatic rings. The van der Waals surface area contributed by atoms with Crippen LogP contribution in [0, 0.1) is 11.8 Å². The Labute approximate surface area is 180 Å². The van der Waals surface area contributed by atoms with Gasteiger partial charge < -0.3 is 14.9 Å². The fourth-order valence-corrected chi connectivity index (χ4v) is 4.75. The Morgan fingerprint density at radius 3 is 0.818 bits per heavy atom. The van der Waals surface area contributed by atoms with Gasteiger partial charge in [0.15, 0.2) is 0 Å². The molecule has 0 aromatic rings. The summed E-state index contributed by atoms with van der Waals surface area (Å²) in [6.45, 7) is 0. The molecule has 2 saturated carbocycles. The van der Waals surface area contributed by atoms with E-state index < -0.39 is 85.6 Å². The van der Waals surface area contributed by atoms with E-state index in [2.05, 4.69) is 0 Å². The molecule has 2 rings (SSSR count). The molecule has 0 radical (unpaired) electrons. The summed E-state index contributed by atoms with van der Waals surface area (Å²) in [7, 11) is 0. The van der Waals surface area contributed by atoms with E-state index in [-0.39, 0.29) is 25.7 Å². The molecule has 2 aliphatic carbocycles. The lowest BCUT2D eigenvalue weighted by Gasteiger charge is -2.44. The molecule has 0 amide bonds. The van der Waals surface area contributed by atoms with Crippen molar-refractivity contribution < 1.29 is 67.6 Å². The molecular formula is C18H22F12O3. The topological polar surface area (TPSA) is 49.7 Å². The largest absolute Gasteiger partial charge is 0.426 e. The molecule has 33 heavy (non-hydrogen) atoms. The minimum atomic E-state index is -5.96. The van der Waals surface area contributed by atoms with E-state index in [9.17, 15) is 62.9 Å². The summed E-state index contributed by atoms with van der Waals surface area (Å²) >= 11 is 0. The normalized spacial score (nSPS) is 29.3. The summed E-state index contributed by atoms with van der Waals surface area (Å²) in [5.41, 5.74) is -9.80.